The van der Waals surface area contributed by atoms with E-state index >= 15 is 0 Å². The lowest BCUT2D eigenvalue weighted by Crippen LogP contribution is -2.18. The number of hydrogen-bond donors (Lipinski definition) is 4. The summed E-state index contributed by atoms with van der Waals surface area (Å²) in [6.45, 7) is 0. The Bertz CT molecular complexity index is 1290. The topological polar surface area (TPSA) is 128 Å². The fourth-order valence-electron chi connectivity index (χ4n) is 2.43. The van der Waals surface area contributed by atoms with E-state index in [2.05, 4.69) is 9.98 Å². The summed E-state index contributed by atoms with van der Waals surface area (Å²) >= 11 is 10.8. The molecule has 0 saturated heterocycles. The van der Waals surface area contributed by atoms with Crippen LogP contribution in [0.1, 0.15) is 15.9 Å². The fourth-order valence-corrected chi connectivity index (χ4v) is 2.89. The van der Waals surface area contributed by atoms with Gasteiger partial charge in [-0.2, -0.15) is 0 Å². The second-order valence-electron chi connectivity index (χ2n) is 5.70. The number of carbonyl (C=O) groups is 1. The molecule has 0 aliphatic carbocycles. The third-order valence-corrected chi connectivity index (χ3v) is 4.41. The van der Waals surface area contributed by atoms with Gasteiger partial charge in [0, 0.05) is 6.21 Å². The number of halogens is 2. The van der Waals surface area contributed by atoms with E-state index in [1.54, 1.807) is 0 Å². The van der Waals surface area contributed by atoms with E-state index in [1.165, 1.54) is 18.2 Å². The Morgan fingerprint density at radius 2 is 1.97 bits per heavy atom. The summed E-state index contributed by atoms with van der Waals surface area (Å²) in [4.78, 5) is 29.6. The number of nitrogens with one attached hydrogen (secondary N) is 1. The van der Waals surface area contributed by atoms with E-state index in [9.17, 15) is 24.2 Å². The maximum atomic E-state index is 13.4. The van der Waals surface area contributed by atoms with Crippen molar-refractivity contribution in [2.45, 2.75) is 0 Å². The van der Waals surface area contributed by atoms with Crippen LogP contribution in [0.25, 0.3) is 5.69 Å². The zero-order valence-corrected chi connectivity index (χ0v) is 15.8. The van der Waals surface area contributed by atoms with Gasteiger partial charge in [-0.15, -0.1) is 0 Å². The van der Waals surface area contributed by atoms with Gasteiger partial charge in [0.25, 0.3) is 5.56 Å². The van der Waals surface area contributed by atoms with Gasteiger partial charge in [-0.05, 0) is 48.6 Å². The number of rotatable bonds is 4. The molecule has 0 saturated carbocycles. The average Bonchev–Trinajstić information content (AvgIpc) is 2.65. The summed E-state index contributed by atoms with van der Waals surface area (Å²) in [6, 6.07) is 7.13. The van der Waals surface area contributed by atoms with Crippen molar-refractivity contribution in [2.24, 2.45) is 4.99 Å². The lowest BCUT2D eigenvalue weighted by Gasteiger charge is -2.11. The number of hydrogen-bond acceptors (Lipinski definition) is 6. The Labute approximate surface area is 171 Å². The predicted octanol–water partition coefficient (Wildman–Crippen LogP) is 3.55. The van der Waals surface area contributed by atoms with Crippen molar-refractivity contribution in [1.82, 2.24) is 9.55 Å². The minimum atomic E-state index is -1.36. The first-order chi connectivity index (χ1) is 13.7. The molecule has 11 heteroatoms. The number of aromatic nitrogens is 2. The summed E-state index contributed by atoms with van der Waals surface area (Å²) in [6.07, 6.45) is 1.00. The second-order valence-corrected chi connectivity index (χ2v) is 6.49. The molecule has 148 valence electrons. The summed E-state index contributed by atoms with van der Waals surface area (Å²) in [5.41, 5.74) is -1.11. The monoisotopic (exact) mass is 435 g/mol. The first kappa shape index (κ1) is 20.2. The summed E-state index contributed by atoms with van der Waals surface area (Å²) < 4.78 is 14.3. The summed E-state index contributed by atoms with van der Waals surface area (Å²) in [5.74, 6) is -3.06. The molecule has 1 aromatic heterocycles. The molecule has 3 rings (SSSR count). The molecule has 8 nitrogen and oxygen atoms in total. The maximum absolute atomic E-state index is 13.4. The maximum Gasteiger partial charge on any atom is 0.339 e. The quantitative estimate of drug-likeness (QED) is 0.366. The van der Waals surface area contributed by atoms with Gasteiger partial charge in [0.2, 0.25) is 5.88 Å². The number of H-pyrrole nitrogens is 1. The molecule has 0 fully saturated rings. The van der Waals surface area contributed by atoms with Crippen LogP contribution < -0.4 is 5.56 Å². The molecule has 1 heterocycles. The molecular weight excluding hydrogens is 425 g/mol. The van der Waals surface area contributed by atoms with Crippen molar-refractivity contribution < 1.29 is 24.5 Å². The highest BCUT2D eigenvalue weighted by Gasteiger charge is 2.14. The number of carboxylic acid groups (broad SMARTS) is 1. The molecule has 3 aromatic rings. The highest BCUT2D eigenvalue weighted by Crippen LogP contribution is 2.25. The highest BCUT2D eigenvalue weighted by atomic mass is 35.5. The Morgan fingerprint density at radius 3 is 2.62 bits per heavy atom. The molecule has 4 N–H and O–H groups in total. The average molecular weight is 436 g/mol. The van der Waals surface area contributed by atoms with E-state index in [4.69, 9.17) is 28.9 Å². The Morgan fingerprint density at radius 1 is 1.24 bits per heavy atom. The zero-order valence-electron chi connectivity index (χ0n) is 14.3. The van der Waals surface area contributed by atoms with Crippen molar-refractivity contribution in [3.63, 3.8) is 0 Å². The van der Waals surface area contributed by atoms with Crippen molar-refractivity contribution >= 4 is 41.7 Å². The van der Waals surface area contributed by atoms with Gasteiger partial charge in [-0.3, -0.25) is 19.3 Å². The van der Waals surface area contributed by atoms with Crippen LogP contribution >= 0.6 is 23.8 Å². The lowest BCUT2D eigenvalue weighted by atomic mass is 10.2. The van der Waals surface area contributed by atoms with E-state index in [-0.39, 0.29) is 32.3 Å². The molecule has 0 radical (unpaired) electrons. The number of aromatic hydroxyl groups is 2. The number of benzene rings is 2. The van der Waals surface area contributed by atoms with Crippen LogP contribution in [-0.4, -0.2) is 37.1 Å². The zero-order chi connectivity index (χ0) is 21.3. The normalized spacial score (nSPS) is 11.1. The van der Waals surface area contributed by atoms with Crippen LogP contribution in [-0.2, 0) is 0 Å². The van der Waals surface area contributed by atoms with Crippen LogP contribution in [0.5, 0.6) is 11.6 Å². The molecule has 0 bridgehead atoms. The van der Waals surface area contributed by atoms with Gasteiger partial charge < -0.3 is 15.3 Å². The molecule has 0 amide bonds. The number of aliphatic imine (C=N–C) groups is 1. The second kappa shape index (κ2) is 7.86. The molecule has 0 spiro atoms. The van der Waals surface area contributed by atoms with Crippen molar-refractivity contribution in [1.29, 1.82) is 0 Å². The van der Waals surface area contributed by atoms with Crippen molar-refractivity contribution in [2.75, 3.05) is 0 Å². The first-order valence-corrected chi connectivity index (χ1v) is 8.61. The van der Waals surface area contributed by atoms with E-state index in [0.29, 0.717) is 0 Å². The van der Waals surface area contributed by atoms with Crippen LogP contribution in [0.2, 0.25) is 5.02 Å². The Hall–Kier alpha value is -3.50. The largest absolute Gasteiger partial charge is 0.507 e. The number of aromatic amines is 1. The molecule has 0 aliphatic heterocycles. The van der Waals surface area contributed by atoms with Crippen LogP contribution in [0.4, 0.5) is 10.1 Å². The van der Waals surface area contributed by atoms with Gasteiger partial charge in [0.15, 0.2) is 4.77 Å². The van der Waals surface area contributed by atoms with Crippen LogP contribution in [0, 0.1) is 10.6 Å². The van der Waals surface area contributed by atoms with Crippen LogP contribution in [0.3, 0.4) is 0 Å². The van der Waals surface area contributed by atoms with Crippen molar-refractivity contribution in [3.8, 4) is 17.3 Å². The molecular formula is C18H11ClFN3O5S. The van der Waals surface area contributed by atoms with E-state index < -0.39 is 29.0 Å². The molecule has 29 heavy (non-hydrogen) atoms. The van der Waals surface area contributed by atoms with Gasteiger partial charge in [0.05, 0.1) is 16.4 Å². The Kier molecular flexibility index (Phi) is 5.48. The third kappa shape index (κ3) is 4.03. The van der Waals surface area contributed by atoms with Gasteiger partial charge in [0.1, 0.15) is 22.7 Å². The minimum absolute atomic E-state index is 0.109. The molecule has 2 aromatic carbocycles. The smallest absolute Gasteiger partial charge is 0.339 e. The predicted molar refractivity (Wildman–Crippen MR) is 106 cm³/mol. The number of aromatic carboxylic acids is 1. The van der Waals surface area contributed by atoms with E-state index in [0.717, 1.165) is 29.0 Å². The van der Waals surface area contributed by atoms with Gasteiger partial charge >= 0.3 is 5.97 Å². The lowest BCUT2D eigenvalue weighted by molar-refractivity contribution is 0.0693. The van der Waals surface area contributed by atoms with Gasteiger partial charge in [-0.1, -0.05) is 11.6 Å². The minimum Gasteiger partial charge on any atom is -0.507 e. The fraction of sp³-hybridized carbons (Fsp3) is 0. The third-order valence-electron chi connectivity index (χ3n) is 3.84. The van der Waals surface area contributed by atoms with Crippen molar-refractivity contribution in [3.05, 3.63) is 73.5 Å². The molecule has 0 aliphatic rings. The number of carboxylic acids is 1. The summed E-state index contributed by atoms with van der Waals surface area (Å²) in [7, 11) is 0. The number of nitrogens with zero attached hydrogens (tertiary/aromatic N) is 2. The van der Waals surface area contributed by atoms with E-state index in [1.807, 2.05) is 0 Å². The van der Waals surface area contributed by atoms with Crippen LogP contribution in [0.15, 0.2) is 46.2 Å². The number of phenols is 1. The molecule has 0 unspecified atom stereocenters. The SMILES string of the molecule is O=C(O)c1cc(N=Cc2c(O)n(-c3ccc(F)c(Cl)c3)c(=S)[nH]c2=O)ccc1O. The Balaban J connectivity index is 2.11. The summed E-state index contributed by atoms with van der Waals surface area (Å²) in [5, 5.41) is 28.9. The first-order valence-electron chi connectivity index (χ1n) is 7.83. The standard InChI is InChI=1S/C18H11ClFN3O5S/c19-12-6-9(2-3-13(12)20)23-16(26)11(15(25)22-18(23)29)7-21-8-1-4-14(24)10(5-8)17(27)28/h1-7,24,26H,(H,27,28)(H,22,25,29). The highest BCUT2D eigenvalue weighted by molar-refractivity contribution is 7.71. The van der Waals surface area contributed by atoms with Gasteiger partial charge in [-0.25, -0.2) is 9.18 Å². The molecule has 0 atom stereocenters.